The molecule has 0 saturated carbocycles. The summed E-state index contributed by atoms with van der Waals surface area (Å²) in [5, 5.41) is 21.8. The number of anilines is 1. The minimum atomic E-state index is -0.984. The summed E-state index contributed by atoms with van der Waals surface area (Å²) in [6.07, 6.45) is 1.48. The summed E-state index contributed by atoms with van der Waals surface area (Å²) in [7, 11) is 0. The third-order valence-corrected chi connectivity index (χ3v) is 6.61. The zero-order valence-corrected chi connectivity index (χ0v) is 22.9. The Balaban J connectivity index is 1.76. The molecular formula is C24H14Cl2I2N2O4. The smallest absolute Gasteiger partial charge is 0.335 e. The molecule has 10 heteroatoms. The fourth-order valence-electron chi connectivity index (χ4n) is 2.80. The highest BCUT2D eigenvalue weighted by Crippen LogP contribution is 2.31. The summed E-state index contributed by atoms with van der Waals surface area (Å²) in [5.74, 6) is -0.930. The first-order valence-electron chi connectivity index (χ1n) is 9.50. The van der Waals surface area contributed by atoms with Gasteiger partial charge in [0.2, 0.25) is 0 Å². The minimum Gasteiger partial charge on any atom is -0.487 e. The molecule has 3 rings (SSSR count). The van der Waals surface area contributed by atoms with Crippen molar-refractivity contribution in [3.05, 3.63) is 94.0 Å². The van der Waals surface area contributed by atoms with Gasteiger partial charge in [-0.3, -0.25) is 4.79 Å². The van der Waals surface area contributed by atoms with Gasteiger partial charge in [-0.15, -0.1) is 0 Å². The third-order valence-electron chi connectivity index (χ3n) is 4.46. The molecule has 0 unspecified atom stereocenters. The van der Waals surface area contributed by atoms with Gasteiger partial charge < -0.3 is 15.2 Å². The SMILES string of the molecule is N#C/C(=C/c1cc(I)c(OCc2ccc(C(=O)O)cc2)c(I)c1)C(=O)Nc1ccc(Cl)cc1Cl. The highest BCUT2D eigenvalue weighted by atomic mass is 127. The maximum atomic E-state index is 12.6. The number of aromatic carboxylic acids is 1. The molecule has 1 amide bonds. The number of halogens is 4. The van der Waals surface area contributed by atoms with Crippen LogP contribution < -0.4 is 10.1 Å². The molecule has 0 atom stereocenters. The quantitative estimate of drug-likeness (QED) is 0.155. The van der Waals surface area contributed by atoms with Crippen LogP contribution in [-0.2, 0) is 11.4 Å². The number of ether oxygens (including phenoxy) is 1. The summed E-state index contributed by atoms with van der Waals surface area (Å²) in [4.78, 5) is 23.6. The van der Waals surface area contributed by atoms with Gasteiger partial charge in [0.05, 0.1) is 23.4 Å². The highest BCUT2D eigenvalue weighted by molar-refractivity contribution is 14.1. The monoisotopic (exact) mass is 718 g/mol. The summed E-state index contributed by atoms with van der Waals surface area (Å²) in [6.45, 7) is 0.259. The van der Waals surface area contributed by atoms with E-state index in [1.165, 1.54) is 24.3 Å². The lowest BCUT2D eigenvalue weighted by atomic mass is 10.1. The predicted molar refractivity (Wildman–Crippen MR) is 148 cm³/mol. The number of carbonyl (C=O) groups excluding carboxylic acids is 1. The van der Waals surface area contributed by atoms with Gasteiger partial charge in [-0.2, -0.15) is 5.26 Å². The summed E-state index contributed by atoms with van der Waals surface area (Å²) in [6, 6.07) is 16.6. The molecule has 0 heterocycles. The first kappa shape index (κ1) is 26.3. The molecule has 0 aliphatic rings. The van der Waals surface area contributed by atoms with Crippen molar-refractivity contribution in [3.8, 4) is 11.8 Å². The van der Waals surface area contributed by atoms with Gasteiger partial charge in [-0.1, -0.05) is 35.3 Å². The number of hydrogen-bond donors (Lipinski definition) is 2. The van der Waals surface area contributed by atoms with E-state index in [2.05, 4.69) is 50.5 Å². The number of nitrogens with one attached hydrogen (secondary N) is 1. The normalized spacial score (nSPS) is 11.0. The van der Waals surface area contributed by atoms with Crippen LogP contribution in [0.5, 0.6) is 5.75 Å². The van der Waals surface area contributed by atoms with Crippen molar-refractivity contribution in [1.29, 1.82) is 5.26 Å². The fourth-order valence-corrected chi connectivity index (χ4v) is 5.38. The lowest BCUT2D eigenvalue weighted by Crippen LogP contribution is -2.13. The standard InChI is InChI=1S/C24H14Cl2I2N2O4/c25-17-5-6-21(18(26)10-17)30-23(31)16(11-29)7-14-8-19(27)22(20(28)9-14)34-12-13-1-3-15(4-2-13)24(32)33/h1-10H,12H2,(H,30,31)(H,32,33)/b16-7-. The molecule has 0 fully saturated rings. The first-order chi connectivity index (χ1) is 16.2. The van der Waals surface area contributed by atoms with Crippen molar-refractivity contribution in [3.63, 3.8) is 0 Å². The Bertz CT molecular complexity index is 1310. The number of nitrogens with zero attached hydrogens (tertiary/aromatic N) is 1. The highest BCUT2D eigenvalue weighted by Gasteiger charge is 2.14. The molecule has 0 spiro atoms. The van der Waals surface area contributed by atoms with Crippen LogP contribution in [0.1, 0.15) is 21.5 Å². The van der Waals surface area contributed by atoms with Crippen molar-refractivity contribution in [2.45, 2.75) is 6.61 Å². The number of benzene rings is 3. The third kappa shape index (κ3) is 6.85. The summed E-state index contributed by atoms with van der Waals surface area (Å²) >= 11 is 16.2. The Morgan fingerprint density at radius 3 is 2.26 bits per heavy atom. The van der Waals surface area contributed by atoms with E-state index in [1.807, 2.05) is 6.07 Å². The van der Waals surface area contributed by atoms with Crippen LogP contribution in [-0.4, -0.2) is 17.0 Å². The second kappa shape index (κ2) is 11.9. The number of amides is 1. The van der Waals surface area contributed by atoms with E-state index in [0.29, 0.717) is 22.0 Å². The van der Waals surface area contributed by atoms with Crippen molar-refractivity contribution < 1.29 is 19.4 Å². The van der Waals surface area contributed by atoms with Crippen LogP contribution in [0.3, 0.4) is 0 Å². The second-order valence-electron chi connectivity index (χ2n) is 6.85. The second-order valence-corrected chi connectivity index (χ2v) is 10.0. The number of nitriles is 1. The van der Waals surface area contributed by atoms with Gasteiger partial charge >= 0.3 is 5.97 Å². The average molecular weight is 719 g/mol. The van der Waals surface area contributed by atoms with Crippen LogP contribution in [0.2, 0.25) is 10.0 Å². The lowest BCUT2D eigenvalue weighted by Gasteiger charge is -2.12. The Morgan fingerprint density at radius 1 is 1.06 bits per heavy atom. The number of carbonyl (C=O) groups is 2. The van der Waals surface area contributed by atoms with Crippen molar-refractivity contribution in [2.24, 2.45) is 0 Å². The average Bonchev–Trinajstić information content (AvgIpc) is 2.79. The molecule has 2 N–H and O–H groups in total. The Hall–Kier alpha value is -2.33. The van der Waals surface area contributed by atoms with Gasteiger partial charge in [0.25, 0.3) is 5.91 Å². The number of carboxylic acids is 1. The number of hydrogen-bond acceptors (Lipinski definition) is 4. The van der Waals surface area contributed by atoms with Gasteiger partial charge in [0.15, 0.2) is 0 Å². The maximum Gasteiger partial charge on any atom is 0.335 e. The van der Waals surface area contributed by atoms with Crippen molar-refractivity contribution in [1.82, 2.24) is 0 Å². The first-order valence-corrected chi connectivity index (χ1v) is 12.4. The Morgan fingerprint density at radius 2 is 1.71 bits per heavy atom. The Kier molecular flexibility index (Phi) is 9.18. The van der Waals surface area contributed by atoms with E-state index >= 15 is 0 Å². The summed E-state index contributed by atoms with van der Waals surface area (Å²) in [5.41, 5.74) is 1.94. The van der Waals surface area contributed by atoms with E-state index in [1.54, 1.807) is 36.4 Å². The zero-order chi connectivity index (χ0) is 24.8. The van der Waals surface area contributed by atoms with E-state index in [0.717, 1.165) is 12.7 Å². The van der Waals surface area contributed by atoms with E-state index in [9.17, 15) is 14.9 Å². The number of carboxylic acid groups (broad SMARTS) is 1. The van der Waals surface area contributed by atoms with E-state index in [4.69, 9.17) is 33.0 Å². The van der Waals surface area contributed by atoms with Crippen molar-refractivity contribution >= 4 is 92.0 Å². The van der Waals surface area contributed by atoms with Gasteiger partial charge in [0, 0.05) is 5.02 Å². The molecule has 172 valence electrons. The summed E-state index contributed by atoms with van der Waals surface area (Å²) < 4.78 is 7.51. The molecule has 0 aliphatic heterocycles. The molecule has 0 radical (unpaired) electrons. The fraction of sp³-hybridized carbons (Fsp3) is 0.0417. The molecule has 0 aliphatic carbocycles. The van der Waals surface area contributed by atoms with E-state index in [-0.39, 0.29) is 22.8 Å². The number of rotatable bonds is 7. The molecular weight excluding hydrogens is 705 g/mol. The van der Waals surface area contributed by atoms with Crippen LogP contribution in [0.15, 0.2) is 60.2 Å². The topological polar surface area (TPSA) is 99.4 Å². The lowest BCUT2D eigenvalue weighted by molar-refractivity contribution is -0.112. The zero-order valence-electron chi connectivity index (χ0n) is 17.1. The van der Waals surface area contributed by atoms with Crippen LogP contribution in [0, 0.1) is 18.5 Å². The molecule has 0 aromatic heterocycles. The molecule has 3 aromatic rings. The molecule has 0 saturated heterocycles. The molecule has 3 aromatic carbocycles. The van der Waals surface area contributed by atoms with Gasteiger partial charge in [-0.25, -0.2) is 4.79 Å². The van der Waals surface area contributed by atoms with Gasteiger partial charge in [0.1, 0.15) is 24.0 Å². The van der Waals surface area contributed by atoms with Crippen LogP contribution in [0.25, 0.3) is 6.08 Å². The maximum absolute atomic E-state index is 12.6. The van der Waals surface area contributed by atoms with Crippen LogP contribution in [0.4, 0.5) is 5.69 Å². The largest absolute Gasteiger partial charge is 0.487 e. The Labute approximate surface area is 232 Å². The predicted octanol–water partition coefficient (Wildman–Crippen LogP) is 7.03. The molecule has 6 nitrogen and oxygen atoms in total. The minimum absolute atomic E-state index is 0.0928. The molecule has 0 bridgehead atoms. The van der Waals surface area contributed by atoms with Crippen molar-refractivity contribution in [2.75, 3.05) is 5.32 Å². The van der Waals surface area contributed by atoms with Crippen LogP contribution >= 0.6 is 68.4 Å². The molecule has 34 heavy (non-hydrogen) atoms. The van der Waals surface area contributed by atoms with E-state index < -0.39 is 11.9 Å². The van der Waals surface area contributed by atoms with Gasteiger partial charge in [-0.05, 0) is 105 Å².